The van der Waals surface area contributed by atoms with Crippen LogP contribution in [0.3, 0.4) is 0 Å². The van der Waals surface area contributed by atoms with Gasteiger partial charge in [-0.05, 0) is 18.8 Å². The van der Waals surface area contributed by atoms with Crippen LogP contribution in [0.5, 0.6) is 0 Å². The molecular formula is C10H19NO. The molecule has 2 nitrogen and oxygen atoms in total. The van der Waals surface area contributed by atoms with E-state index < -0.39 is 0 Å². The van der Waals surface area contributed by atoms with Crippen LogP contribution in [0.25, 0.3) is 0 Å². The highest BCUT2D eigenvalue weighted by atomic mass is 16.2. The molecule has 1 fully saturated rings. The zero-order valence-electron chi connectivity index (χ0n) is 8.55. The summed E-state index contributed by atoms with van der Waals surface area (Å²) in [6.07, 6.45) is 2.85. The molecule has 0 aromatic carbocycles. The van der Waals surface area contributed by atoms with Gasteiger partial charge in [0.15, 0.2) is 0 Å². The lowest BCUT2D eigenvalue weighted by Gasteiger charge is -2.39. The van der Waals surface area contributed by atoms with Crippen molar-refractivity contribution in [1.29, 1.82) is 0 Å². The number of hydrogen-bond acceptors (Lipinski definition) is 1. The minimum atomic E-state index is 0.150. The van der Waals surface area contributed by atoms with Crippen molar-refractivity contribution in [2.24, 2.45) is 5.92 Å². The van der Waals surface area contributed by atoms with Crippen molar-refractivity contribution >= 4 is 5.91 Å². The van der Waals surface area contributed by atoms with E-state index in [4.69, 9.17) is 0 Å². The van der Waals surface area contributed by atoms with Crippen LogP contribution < -0.4 is 0 Å². The van der Waals surface area contributed by atoms with Crippen molar-refractivity contribution in [3.8, 4) is 0 Å². The molecule has 0 N–H and O–H groups in total. The second kappa shape index (κ2) is 3.08. The second-order valence-electron chi connectivity index (χ2n) is 4.06. The Morgan fingerprint density at radius 3 is 2.33 bits per heavy atom. The van der Waals surface area contributed by atoms with Crippen LogP contribution in [0.2, 0.25) is 0 Å². The van der Waals surface area contributed by atoms with Gasteiger partial charge in [0.25, 0.3) is 0 Å². The summed E-state index contributed by atoms with van der Waals surface area (Å²) >= 11 is 0. The predicted octanol–water partition coefficient (Wildman–Crippen LogP) is 2.04. The van der Waals surface area contributed by atoms with Gasteiger partial charge < -0.3 is 4.90 Å². The van der Waals surface area contributed by atoms with E-state index in [9.17, 15) is 4.79 Å². The minimum absolute atomic E-state index is 0.150. The van der Waals surface area contributed by atoms with Crippen LogP contribution in [0.4, 0.5) is 0 Å². The van der Waals surface area contributed by atoms with Crippen LogP contribution in [0.15, 0.2) is 0 Å². The second-order valence-corrected chi connectivity index (χ2v) is 4.06. The van der Waals surface area contributed by atoms with E-state index >= 15 is 0 Å². The first-order chi connectivity index (χ1) is 5.54. The summed E-state index contributed by atoms with van der Waals surface area (Å²) < 4.78 is 0. The highest BCUT2D eigenvalue weighted by Gasteiger charge is 2.43. The Bertz CT molecular complexity index is 188. The van der Waals surface area contributed by atoms with E-state index in [0.29, 0.717) is 11.8 Å². The Hall–Kier alpha value is -0.530. The average molecular weight is 169 g/mol. The van der Waals surface area contributed by atoms with Crippen molar-refractivity contribution in [1.82, 2.24) is 4.90 Å². The third-order valence-electron chi connectivity index (χ3n) is 3.50. The molecule has 1 unspecified atom stereocenters. The number of likely N-dealkylation sites (tertiary alicyclic amines) is 1. The molecule has 70 valence electrons. The van der Waals surface area contributed by atoms with Gasteiger partial charge in [0.1, 0.15) is 0 Å². The molecule has 0 aliphatic carbocycles. The van der Waals surface area contributed by atoms with E-state index in [1.807, 2.05) is 11.9 Å². The van der Waals surface area contributed by atoms with Gasteiger partial charge in [-0.3, -0.25) is 4.79 Å². The van der Waals surface area contributed by atoms with E-state index in [0.717, 1.165) is 19.3 Å². The first kappa shape index (κ1) is 9.56. The fraction of sp³-hybridized carbons (Fsp3) is 0.900. The lowest BCUT2D eigenvalue weighted by atomic mass is 9.82. The third kappa shape index (κ3) is 1.13. The van der Waals surface area contributed by atoms with Crippen LogP contribution >= 0.6 is 0 Å². The number of carbonyl (C=O) groups excluding carboxylic acids is 1. The van der Waals surface area contributed by atoms with Gasteiger partial charge in [0, 0.05) is 19.0 Å². The molecule has 1 aliphatic heterocycles. The Morgan fingerprint density at radius 1 is 1.58 bits per heavy atom. The van der Waals surface area contributed by atoms with E-state index in [1.165, 1.54) is 0 Å². The molecule has 0 radical (unpaired) electrons. The molecule has 1 atom stereocenters. The Balaban J connectivity index is 2.88. The number of amides is 1. The topological polar surface area (TPSA) is 20.3 Å². The normalized spacial score (nSPS) is 30.4. The Kier molecular flexibility index (Phi) is 2.45. The van der Waals surface area contributed by atoms with Gasteiger partial charge in [-0.15, -0.1) is 0 Å². The Labute approximate surface area is 74.9 Å². The van der Waals surface area contributed by atoms with Crippen molar-refractivity contribution in [3.05, 3.63) is 0 Å². The Morgan fingerprint density at radius 2 is 2.17 bits per heavy atom. The molecule has 1 rings (SSSR count). The molecule has 1 aliphatic rings. The largest absolute Gasteiger partial charge is 0.340 e. The summed E-state index contributed by atoms with van der Waals surface area (Å²) in [6, 6.07) is 0. The van der Waals surface area contributed by atoms with Crippen LogP contribution in [0.1, 0.15) is 40.0 Å². The van der Waals surface area contributed by atoms with E-state index in [-0.39, 0.29) is 5.54 Å². The summed E-state index contributed by atoms with van der Waals surface area (Å²) in [6.45, 7) is 6.59. The van der Waals surface area contributed by atoms with Crippen LogP contribution in [0, 0.1) is 5.92 Å². The zero-order chi connectivity index (χ0) is 9.35. The maximum Gasteiger partial charge on any atom is 0.222 e. The minimum Gasteiger partial charge on any atom is -0.340 e. The van der Waals surface area contributed by atoms with Gasteiger partial charge in [-0.2, -0.15) is 0 Å². The van der Waals surface area contributed by atoms with Crippen molar-refractivity contribution in [2.75, 3.05) is 7.05 Å². The van der Waals surface area contributed by atoms with Crippen LogP contribution in [-0.4, -0.2) is 23.4 Å². The summed E-state index contributed by atoms with van der Waals surface area (Å²) in [5, 5.41) is 0. The average Bonchev–Trinajstić information content (AvgIpc) is 2.31. The summed E-state index contributed by atoms with van der Waals surface area (Å²) in [7, 11) is 1.94. The number of nitrogens with zero attached hydrogens (tertiary/aromatic N) is 1. The molecule has 0 spiro atoms. The molecule has 0 aromatic heterocycles. The maximum absolute atomic E-state index is 11.4. The molecule has 12 heavy (non-hydrogen) atoms. The SMILES string of the molecule is CCC1(C(C)C)CCC(=O)N1C. The molecular weight excluding hydrogens is 150 g/mol. The third-order valence-corrected chi connectivity index (χ3v) is 3.50. The van der Waals surface area contributed by atoms with Gasteiger partial charge in [-0.25, -0.2) is 0 Å². The summed E-state index contributed by atoms with van der Waals surface area (Å²) in [5.41, 5.74) is 0.150. The van der Waals surface area contributed by atoms with E-state index in [2.05, 4.69) is 20.8 Å². The molecule has 1 saturated heterocycles. The van der Waals surface area contributed by atoms with Crippen molar-refractivity contribution < 1.29 is 4.79 Å². The predicted molar refractivity (Wildman–Crippen MR) is 49.9 cm³/mol. The maximum atomic E-state index is 11.4. The summed E-state index contributed by atoms with van der Waals surface area (Å²) in [5.74, 6) is 0.879. The molecule has 0 saturated carbocycles. The number of hydrogen-bond donors (Lipinski definition) is 0. The molecule has 0 bridgehead atoms. The summed E-state index contributed by atoms with van der Waals surface area (Å²) in [4.78, 5) is 13.3. The van der Waals surface area contributed by atoms with Crippen molar-refractivity contribution in [3.63, 3.8) is 0 Å². The molecule has 1 heterocycles. The van der Waals surface area contributed by atoms with Gasteiger partial charge >= 0.3 is 0 Å². The quantitative estimate of drug-likeness (QED) is 0.619. The van der Waals surface area contributed by atoms with Gasteiger partial charge in [0.05, 0.1) is 0 Å². The monoisotopic (exact) mass is 169 g/mol. The van der Waals surface area contributed by atoms with Crippen molar-refractivity contribution in [2.45, 2.75) is 45.6 Å². The fourth-order valence-electron chi connectivity index (χ4n) is 2.41. The lowest BCUT2D eigenvalue weighted by molar-refractivity contribution is -0.130. The number of rotatable bonds is 2. The highest BCUT2D eigenvalue weighted by Crippen LogP contribution is 2.37. The molecule has 2 heteroatoms. The van der Waals surface area contributed by atoms with Gasteiger partial charge in [-0.1, -0.05) is 20.8 Å². The zero-order valence-corrected chi connectivity index (χ0v) is 8.55. The van der Waals surface area contributed by atoms with Crippen LogP contribution in [-0.2, 0) is 4.79 Å². The molecule has 0 aromatic rings. The lowest BCUT2D eigenvalue weighted by Crippen LogP contribution is -2.46. The first-order valence-electron chi connectivity index (χ1n) is 4.81. The standard InChI is InChI=1S/C10H19NO/c1-5-10(8(2)3)7-6-9(12)11(10)4/h8H,5-7H2,1-4H3. The van der Waals surface area contributed by atoms with E-state index in [1.54, 1.807) is 0 Å². The first-order valence-corrected chi connectivity index (χ1v) is 4.81. The number of carbonyl (C=O) groups is 1. The highest BCUT2D eigenvalue weighted by molar-refractivity contribution is 5.79. The fourth-order valence-corrected chi connectivity index (χ4v) is 2.41. The molecule has 1 amide bonds. The smallest absolute Gasteiger partial charge is 0.222 e. The van der Waals surface area contributed by atoms with Gasteiger partial charge in [0.2, 0.25) is 5.91 Å².